The van der Waals surface area contributed by atoms with Gasteiger partial charge in [-0.2, -0.15) is 5.10 Å². The third-order valence-electron chi connectivity index (χ3n) is 1.37. The fourth-order valence-corrected chi connectivity index (χ4v) is 0.875. The van der Waals surface area contributed by atoms with Crippen LogP contribution in [0.5, 0.6) is 0 Å². The van der Waals surface area contributed by atoms with Gasteiger partial charge < -0.3 is 5.32 Å². The molecule has 2 N–H and O–H groups in total. The van der Waals surface area contributed by atoms with Crippen LogP contribution in [-0.2, 0) is 4.79 Å². The average Bonchev–Trinajstić information content (AvgIpc) is 1.94. The molecule has 0 spiro atoms. The van der Waals surface area contributed by atoms with Gasteiger partial charge in [0, 0.05) is 12.6 Å². The topological polar surface area (TPSA) is 53.5 Å². The van der Waals surface area contributed by atoms with Gasteiger partial charge in [0.15, 0.2) is 0 Å². The highest BCUT2D eigenvalue weighted by Gasteiger charge is 2.17. The molecule has 0 fully saturated rings. The van der Waals surface area contributed by atoms with Gasteiger partial charge in [0.25, 0.3) is 5.91 Å². The summed E-state index contributed by atoms with van der Waals surface area (Å²) >= 11 is 0. The number of carbonyl (C=O) groups excluding carboxylic acids is 1. The molecule has 56 valence electrons. The number of likely N-dealkylation sites (N-methyl/N-ethyl adjacent to an activating group) is 1. The molecule has 1 aliphatic rings. The van der Waals surface area contributed by atoms with Crippen LogP contribution in [0.2, 0.25) is 0 Å². The van der Waals surface area contributed by atoms with Crippen molar-refractivity contribution in [1.82, 2.24) is 10.7 Å². The Balaban J connectivity index is 2.43. The van der Waals surface area contributed by atoms with E-state index in [1.54, 1.807) is 6.21 Å². The smallest absolute Gasteiger partial charge is 0.257 e. The molecule has 1 rings (SSSR count). The van der Waals surface area contributed by atoms with Gasteiger partial charge in [-0.25, -0.2) is 5.43 Å². The number of hydrogen-bond acceptors (Lipinski definition) is 3. The molecular weight excluding hydrogens is 130 g/mol. The minimum Gasteiger partial charge on any atom is -0.306 e. The Bertz CT molecular complexity index is 155. The Morgan fingerprint density at radius 2 is 2.80 bits per heavy atom. The second-order valence-corrected chi connectivity index (χ2v) is 2.13. The summed E-state index contributed by atoms with van der Waals surface area (Å²) in [5.41, 5.74) is 2.38. The zero-order chi connectivity index (χ0) is 7.40. The van der Waals surface area contributed by atoms with Crippen molar-refractivity contribution in [2.24, 2.45) is 5.10 Å². The predicted molar refractivity (Wildman–Crippen MR) is 38.7 cm³/mol. The molecule has 0 aromatic carbocycles. The monoisotopic (exact) mass is 141 g/mol. The van der Waals surface area contributed by atoms with Gasteiger partial charge in [-0.05, 0) is 6.54 Å². The zero-order valence-corrected chi connectivity index (χ0v) is 5.92. The first kappa shape index (κ1) is 7.21. The summed E-state index contributed by atoms with van der Waals surface area (Å²) in [5.74, 6) is -0.0376. The van der Waals surface area contributed by atoms with Crippen LogP contribution in [0.1, 0.15) is 13.3 Å². The molecule has 4 heteroatoms. The van der Waals surface area contributed by atoms with Crippen LogP contribution in [0.15, 0.2) is 5.10 Å². The quantitative estimate of drug-likeness (QED) is 0.543. The van der Waals surface area contributed by atoms with E-state index in [4.69, 9.17) is 0 Å². The van der Waals surface area contributed by atoms with Crippen molar-refractivity contribution in [2.45, 2.75) is 19.4 Å². The van der Waals surface area contributed by atoms with E-state index in [0.29, 0.717) is 6.42 Å². The molecule has 0 aliphatic carbocycles. The molecule has 0 radical (unpaired) electrons. The zero-order valence-electron chi connectivity index (χ0n) is 5.92. The van der Waals surface area contributed by atoms with Gasteiger partial charge in [0.1, 0.15) is 0 Å². The highest BCUT2D eigenvalue weighted by atomic mass is 16.2. The molecule has 1 aliphatic heterocycles. The SMILES string of the molecule is CCNC1CC=NNC1=O. The Morgan fingerprint density at radius 3 is 3.40 bits per heavy atom. The van der Waals surface area contributed by atoms with Crippen molar-refractivity contribution < 1.29 is 4.79 Å². The third kappa shape index (κ3) is 1.54. The fourth-order valence-electron chi connectivity index (χ4n) is 0.875. The largest absolute Gasteiger partial charge is 0.306 e. The van der Waals surface area contributed by atoms with E-state index in [1.165, 1.54) is 0 Å². The number of nitrogens with one attached hydrogen (secondary N) is 2. The molecular formula is C6H11N3O. The van der Waals surface area contributed by atoms with Gasteiger partial charge in [-0.1, -0.05) is 6.92 Å². The van der Waals surface area contributed by atoms with Gasteiger partial charge in [-0.3, -0.25) is 4.79 Å². The molecule has 1 heterocycles. The molecule has 1 amide bonds. The Hall–Kier alpha value is -0.900. The molecule has 0 bridgehead atoms. The molecule has 0 aromatic heterocycles. The average molecular weight is 141 g/mol. The van der Waals surface area contributed by atoms with Crippen molar-refractivity contribution in [3.63, 3.8) is 0 Å². The second kappa shape index (κ2) is 3.31. The standard InChI is InChI=1S/C6H11N3O/c1-2-7-5-3-4-8-9-6(5)10/h4-5,7H,2-3H2,1H3,(H,9,10). The van der Waals surface area contributed by atoms with E-state index in [2.05, 4.69) is 15.8 Å². The summed E-state index contributed by atoms with van der Waals surface area (Å²) in [4.78, 5) is 10.9. The number of carbonyl (C=O) groups is 1. The maximum absolute atomic E-state index is 10.9. The molecule has 0 saturated carbocycles. The van der Waals surface area contributed by atoms with Crippen LogP contribution in [0, 0.1) is 0 Å². The highest BCUT2D eigenvalue weighted by molar-refractivity contribution is 5.87. The lowest BCUT2D eigenvalue weighted by atomic mass is 10.2. The molecule has 4 nitrogen and oxygen atoms in total. The molecule has 10 heavy (non-hydrogen) atoms. The minimum absolute atomic E-state index is 0.0376. The van der Waals surface area contributed by atoms with E-state index in [0.717, 1.165) is 6.54 Å². The van der Waals surface area contributed by atoms with Crippen molar-refractivity contribution in [2.75, 3.05) is 6.54 Å². The van der Waals surface area contributed by atoms with Crippen LogP contribution in [0.25, 0.3) is 0 Å². The fraction of sp³-hybridized carbons (Fsp3) is 0.667. The van der Waals surface area contributed by atoms with E-state index in [-0.39, 0.29) is 11.9 Å². The van der Waals surface area contributed by atoms with Gasteiger partial charge in [0.2, 0.25) is 0 Å². The first-order chi connectivity index (χ1) is 4.84. The van der Waals surface area contributed by atoms with Crippen LogP contribution in [0.3, 0.4) is 0 Å². The molecule has 0 aromatic rings. The summed E-state index contributed by atoms with van der Waals surface area (Å²) in [7, 11) is 0. The summed E-state index contributed by atoms with van der Waals surface area (Å²) in [6.07, 6.45) is 2.40. The number of hydrazone groups is 1. The van der Waals surface area contributed by atoms with E-state index < -0.39 is 0 Å². The van der Waals surface area contributed by atoms with Gasteiger partial charge >= 0.3 is 0 Å². The number of amides is 1. The first-order valence-electron chi connectivity index (χ1n) is 3.39. The van der Waals surface area contributed by atoms with Gasteiger partial charge in [0.05, 0.1) is 6.04 Å². The lowest BCUT2D eigenvalue weighted by Crippen LogP contribution is -2.45. The lowest BCUT2D eigenvalue weighted by Gasteiger charge is -2.16. The lowest BCUT2D eigenvalue weighted by molar-refractivity contribution is -0.123. The first-order valence-corrected chi connectivity index (χ1v) is 3.39. The van der Waals surface area contributed by atoms with Crippen molar-refractivity contribution in [3.05, 3.63) is 0 Å². The molecule has 0 saturated heterocycles. The van der Waals surface area contributed by atoms with E-state index in [9.17, 15) is 4.79 Å². The van der Waals surface area contributed by atoms with E-state index >= 15 is 0 Å². The Kier molecular flexibility index (Phi) is 2.39. The van der Waals surface area contributed by atoms with Gasteiger partial charge in [-0.15, -0.1) is 0 Å². The third-order valence-corrected chi connectivity index (χ3v) is 1.37. The normalized spacial score (nSPS) is 24.5. The van der Waals surface area contributed by atoms with Crippen LogP contribution < -0.4 is 10.7 Å². The van der Waals surface area contributed by atoms with Crippen LogP contribution in [0.4, 0.5) is 0 Å². The molecule has 1 atom stereocenters. The number of hydrogen-bond donors (Lipinski definition) is 2. The van der Waals surface area contributed by atoms with Crippen molar-refractivity contribution in [1.29, 1.82) is 0 Å². The Labute approximate surface area is 59.7 Å². The number of rotatable bonds is 2. The summed E-state index contributed by atoms with van der Waals surface area (Å²) in [5, 5.41) is 6.66. The summed E-state index contributed by atoms with van der Waals surface area (Å²) in [6, 6.07) is -0.0810. The number of nitrogens with zero attached hydrogens (tertiary/aromatic N) is 1. The molecule has 1 unspecified atom stereocenters. The van der Waals surface area contributed by atoms with E-state index in [1.807, 2.05) is 6.92 Å². The highest BCUT2D eigenvalue weighted by Crippen LogP contribution is 1.93. The van der Waals surface area contributed by atoms with Crippen molar-refractivity contribution >= 4 is 12.1 Å². The predicted octanol–water partition coefficient (Wildman–Crippen LogP) is -0.530. The minimum atomic E-state index is -0.0810. The summed E-state index contributed by atoms with van der Waals surface area (Å²) < 4.78 is 0. The van der Waals surface area contributed by atoms with Crippen LogP contribution in [-0.4, -0.2) is 24.7 Å². The Morgan fingerprint density at radius 1 is 2.00 bits per heavy atom. The maximum Gasteiger partial charge on any atom is 0.257 e. The second-order valence-electron chi connectivity index (χ2n) is 2.13. The van der Waals surface area contributed by atoms with Crippen molar-refractivity contribution in [3.8, 4) is 0 Å². The summed E-state index contributed by atoms with van der Waals surface area (Å²) in [6.45, 7) is 2.78. The maximum atomic E-state index is 10.9. The van der Waals surface area contributed by atoms with Crippen LogP contribution >= 0.6 is 0 Å².